The second kappa shape index (κ2) is 7.13. The van der Waals surface area contributed by atoms with Crippen molar-refractivity contribution < 1.29 is 14.3 Å². The van der Waals surface area contributed by atoms with Crippen LogP contribution in [0.4, 0.5) is 0 Å². The van der Waals surface area contributed by atoms with Gasteiger partial charge in [0, 0.05) is 27.5 Å². The molecule has 0 radical (unpaired) electrons. The Labute approximate surface area is 143 Å². The molecule has 0 fully saturated rings. The maximum atomic E-state index is 11.7. The van der Waals surface area contributed by atoms with Crippen molar-refractivity contribution >= 4 is 28.4 Å². The fraction of sp³-hybridized carbons (Fsp3) is 0.278. The van der Waals surface area contributed by atoms with Crippen LogP contribution in [-0.2, 0) is 6.42 Å². The maximum Gasteiger partial charge on any atom is 0.163 e. The number of hydrogen-bond donors (Lipinski definition) is 0. The monoisotopic (exact) mass is 408 g/mol. The van der Waals surface area contributed by atoms with Gasteiger partial charge in [0.25, 0.3) is 0 Å². The van der Waals surface area contributed by atoms with Crippen LogP contribution in [0.25, 0.3) is 0 Å². The molecule has 2 aromatic rings. The highest BCUT2D eigenvalue weighted by atomic mass is 127. The number of Topliss-reactive ketones (excluding diaryl/α,β-unsaturated/α-hetero) is 1. The van der Waals surface area contributed by atoms with E-state index >= 15 is 0 Å². The van der Waals surface area contributed by atoms with E-state index in [-0.39, 0.29) is 5.78 Å². The molecule has 114 valence electrons. The van der Waals surface area contributed by atoms with Gasteiger partial charge < -0.3 is 9.47 Å². The van der Waals surface area contributed by atoms with Crippen molar-refractivity contribution in [2.45, 2.75) is 19.3 Å². The molecule has 3 nitrogen and oxygen atoms in total. The first-order valence-electron chi connectivity index (χ1n) is 7.40. The molecule has 0 atom stereocenters. The Balaban J connectivity index is 1.47. The third-order valence-corrected chi connectivity index (χ3v) is 4.32. The van der Waals surface area contributed by atoms with Crippen LogP contribution in [0.2, 0.25) is 0 Å². The van der Waals surface area contributed by atoms with Gasteiger partial charge >= 0.3 is 0 Å². The van der Waals surface area contributed by atoms with E-state index in [1.165, 1.54) is 0 Å². The lowest BCUT2D eigenvalue weighted by molar-refractivity contribution is 0.0994. The topological polar surface area (TPSA) is 35.5 Å². The molecule has 1 aliphatic rings. The molecule has 0 aromatic heterocycles. The molecule has 22 heavy (non-hydrogen) atoms. The normalized spacial score (nSPS) is 13.0. The predicted molar refractivity (Wildman–Crippen MR) is 93.9 cm³/mol. The molecule has 2 aromatic carbocycles. The maximum absolute atomic E-state index is 11.7. The minimum atomic E-state index is 0.225. The highest BCUT2D eigenvalue weighted by Crippen LogP contribution is 2.30. The molecule has 0 unspecified atom stereocenters. The van der Waals surface area contributed by atoms with E-state index in [1.807, 2.05) is 42.5 Å². The van der Waals surface area contributed by atoms with Crippen molar-refractivity contribution in [2.75, 3.05) is 13.2 Å². The first-order chi connectivity index (χ1) is 10.7. The molecule has 0 spiro atoms. The molecular formula is C18H17IO3. The molecule has 0 saturated heterocycles. The van der Waals surface area contributed by atoms with Gasteiger partial charge in [-0.1, -0.05) is 18.2 Å². The van der Waals surface area contributed by atoms with Crippen molar-refractivity contribution in [2.24, 2.45) is 0 Å². The van der Waals surface area contributed by atoms with Gasteiger partial charge in [-0.15, -0.1) is 0 Å². The summed E-state index contributed by atoms with van der Waals surface area (Å²) in [5.74, 6) is 1.96. The van der Waals surface area contributed by atoms with Crippen molar-refractivity contribution in [1.29, 1.82) is 0 Å². The number of rotatable bonds is 6. The molecular weight excluding hydrogens is 391 g/mol. The van der Waals surface area contributed by atoms with Gasteiger partial charge in [-0.3, -0.25) is 4.79 Å². The first kappa shape index (κ1) is 15.3. The van der Waals surface area contributed by atoms with Gasteiger partial charge in [0.1, 0.15) is 11.5 Å². The fourth-order valence-electron chi connectivity index (χ4n) is 2.58. The number of fused-ring (bicyclic) bond motifs is 1. The molecule has 0 bridgehead atoms. The quantitative estimate of drug-likeness (QED) is 0.529. The number of benzene rings is 2. The van der Waals surface area contributed by atoms with Gasteiger partial charge in [-0.2, -0.15) is 0 Å². The Kier molecular flexibility index (Phi) is 4.97. The van der Waals surface area contributed by atoms with E-state index in [1.54, 1.807) is 0 Å². The summed E-state index contributed by atoms with van der Waals surface area (Å²) in [6, 6.07) is 13.7. The average molecular weight is 408 g/mol. The number of halogens is 1. The standard InChI is InChI=1S/C18H17IO3/c19-13-4-1-5-14(12-13)21-10-3-11-22-18-7-2-6-15-16(18)8-9-17(15)20/h1-2,4-7,12H,3,8-11H2. The lowest BCUT2D eigenvalue weighted by atomic mass is 10.1. The summed E-state index contributed by atoms with van der Waals surface area (Å²) < 4.78 is 12.7. The van der Waals surface area contributed by atoms with Gasteiger partial charge in [-0.25, -0.2) is 0 Å². The number of carbonyl (C=O) groups excluding carboxylic acids is 1. The molecule has 3 rings (SSSR count). The van der Waals surface area contributed by atoms with Gasteiger partial charge in [0.15, 0.2) is 5.78 Å². The zero-order chi connectivity index (χ0) is 15.4. The number of carbonyl (C=O) groups is 1. The summed E-state index contributed by atoms with van der Waals surface area (Å²) in [4.78, 5) is 11.7. The third kappa shape index (κ3) is 3.61. The predicted octanol–water partition coefficient (Wildman–Crippen LogP) is 4.27. The van der Waals surface area contributed by atoms with E-state index in [9.17, 15) is 4.79 Å². The highest BCUT2D eigenvalue weighted by molar-refractivity contribution is 14.1. The van der Waals surface area contributed by atoms with Crippen LogP contribution < -0.4 is 9.47 Å². The lowest BCUT2D eigenvalue weighted by Crippen LogP contribution is -2.06. The Hall–Kier alpha value is -1.56. The largest absolute Gasteiger partial charge is 0.493 e. The Morgan fingerprint density at radius 3 is 2.68 bits per heavy atom. The molecule has 1 aliphatic carbocycles. The summed E-state index contributed by atoms with van der Waals surface area (Å²) in [5, 5.41) is 0. The zero-order valence-electron chi connectivity index (χ0n) is 12.2. The van der Waals surface area contributed by atoms with Crippen LogP contribution in [0.3, 0.4) is 0 Å². The zero-order valence-corrected chi connectivity index (χ0v) is 14.3. The van der Waals surface area contributed by atoms with E-state index in [0.717, 1.165) is 39.0 Å². The molecule has 0 saturated carbocycles. The molecule has 4 heteroatoms. The minimum absolute atomic E-state index is 0.225. The van der Waals surface area contributed by atoms with Crippen molar-refractivity contribution in [3.05, 3.63) is 57.2 Å². The van der Waals surface area contributed by atoms with Crippen molar-refractivity contribution in [1.82, 2.24) is 0 Å². The van der Waals surface area contributed by atoms with Crippen LogP contribution in [-0.4, -0.2) is 19.0 Å². The van der Waals surface area contributed by atoms with Crippen LogP contribution in [0.15, 0.2) is 42.5 Å². The summed E-state index contributed by atoms with van der Waals surface area (Å²) in [6.45, 7) is 1.21. The highest BCUT2D eigenvalue weighted by Gasteiger charge is 2.22. The van der Waals surface area contributed by atoms with Crippen molar-refractivity contribution in [3.63, 3.8) is 0 Å². The van der Waals surface area contributed by atoms with Gasteiger partial charge in [0.05, 0.1) is 13.2 Å². The molecule has 0 N–H and O–H groups in total. The molecule has 0 aliphatic heterocycles. The Bertz CT molecular complexity index is 682. The third-order valence-electron chi connectivity index (χ3n) is 3.65. The average Bonchev–Trinajstić information content (AvgIpc) is 2.90. The van der Waals surface area contributed by atoms with Gasteiger partial charge in [-0.05, 0) is 53.3 Å². The Morgan fingerprint density at radius 2 is 1.82 bits per heavy atom. The smallest absolute Gasteiger partial charge is 0.163 e. The van der Waals surface area contributed by atoms with Crippen LogP contribution in [0, 0.1) is 3.57 Å². The van der Waals surface area contributed by atoms with E-state index in [2.05, 4.69) is 22.6 Å². The lowest BCUT2D eigenvalue weighted by Gasteiger charge is -2.11. The number of ketones is 1. The molecule has 0 amide bonds. The van der Waals surface area contributed by atoms with Crippen LogP contribution in [0.5, 0.6) is 11.5 Å². The SMILES string of the molecule is O=C1CCc2c(OCCCOc3cccc(I)c3)cccc21. The number of hydrogen-bond acceptors (Lipinski definition) is 3. The second-order valence-electron chi connectivity index (χ2n) is 5.21. The Morgan fingerprint density at radius 1 is 1.00 bits per heavy atom. The van der Waals surface area contributed by atoms with Crippen molar-refractivity contribution in [3.8, 4) is 11.5 Å². The summed E-state index contributed by atoms with van der Waals surface area (Å²) in [6.07, 6.45) is 2.21. The minimum Gasteiger partial charge on any atom is -0.493 e. The summed E-state index contributed by atoms with van der Waals surface area (Å²) in [5.41, 5.74) is 1.89. The fourth-order valence-corrected chi connectivity index (χ4v) is 3.10. The van der Waals surface area contributed by atoms with Crippen LogP contribution in [0.1, 0.15) is 28.8 Å². The number of ether oxygens (including phenoxy) is 2. The van der Waals surface area contributed by atoms with Crippen LogP contribution >= 0.6 is 22.6 Å². The molecule has 0 heterocycles. The van der Waals surface area contributed by atoms with E-state index < -0.39 is 0 Å². The summed E-state index contributed by atoms with van der Waals surface area (Å²) in [7, 11) is 0. The van der Waals surface area contributed by atoms with Gasteiger partial charge in [0.2, 0.25) is 0 Å². The second-order valence-corrected chi connectivity index (χ2v) is 6.46. The van der Waals surface area contributed by atoms with E-state index in [4.69, 9.17) is 9.47 Å². The van der Waals surface area contributed by atoms with E-state index in [0.29, 0.717) is 19.6 Å². The summed E-state index contributed by atoms with van der Waals surface area (Å²) >= 11 is 2.27. The first-order valence-corrected chi connectivity index (χ1v) is 8.48.